The van der Waals surface area contributed by atoms with Crippen LogP contribution in [-0.2, 0) is 11.3 Å². The largest absolute Gasteiger partial charge is 0.490 e. The number of carbonyl (C=O) groups is 1. The Hall–Kier alpha value is -2.64. The summed E-state index contributed by atoms with van der Waals surface area (Å²) in [6, 6.07) is 10.1. The van der Waals surface area contributed by atoms with Crippen LogP contribution in [0.3, 0.4) is 0 Å². The van der Waals surface area contributed by atoms with Crippen LogP contribution in [-0.4, -0.2) is 26.2 Å². The number of hydrogen-bond acceptors (Lipinski definition) is 5. The van der Waals surface area contributed by atoms with Gasteiger partial charge in [-0.05, 0) is 24.3 Å². The van der Waals surface area contributed by atoms with Crippen molar-refractivity contribution < 1.29 is 23.4 Å². The topological polar surface area (TPSA) is 56.8 Å². The highest BCUT2D eigenvalue weighted by atomic mass is 32.1. The molecule has 1 aliphatic heterocycles. The van der Waals surface area contributed by atoms with Crippen molar-refractivity contribution in [1.82, 2.24) is 0 Å². The Morgan fingerprint density at radius 3 is 2.85 bits per heavy atom. The van der Waals surface area contributed by atoms with Crippen LogP contribution in [0.15, 0.2) is 36.4 Å². The van der Waals surface area contributed by atoms with Gasteiger partial charge in [0.05, 0.1) is 24.7 Å². The van der Waals surface area contributed by atoms with Crippen LogP contribution in [0.25, 0.3) is 10.1 Å². The van der Waals surface area contributed by atoms with E-state index in [4.69, 9.17) is 14.2 Å². The lowest BCUT2D eigenvalue weighted by Crippen LogP contribution is -2.12. The van der Waals surface area contributed by atoms with E-state index in [1.165, 1.54) is 24.5 Å². The number of carbonyl (C=O) groups excluding carboxylic acids is 1. The van der Waals surface area contributed by atoms with Gasteiger partial charge in [-0.15, -0.1) is 11.3 Å². The molecule has 2 aromatic carbocycles. The van der Waals surface area contributed by atoms with Crippen molar-refractivity contribution in [1.29, 1.82) is 0 Å². The Kier molecular flexibility index (Phi) is 4.96. The van der Waals surface area contributed by atoms with Gasteiger partial charge in [0.1, 0.15) is 5.82 Å². The molecule has 0 fully saturated rings. The molecule has 4 rings (SSSR count). The molecule has 0 saturated carbocycles. The van der Waals surface area contributed by atoms with Crippen molar-refractivity contribution in [3.8, 4) is 11.5 Å². The van der Waals surface area contributed by atoms with E-state index in [0.29, 0.717) is 50.9 Å². The molecule has 0 saturated heterocycles. The Bertz CT molecular complexity index is 1000. The highest BCUT2D eigenvalue weighted by molar-refractivity contribution is 7.21. The van der Waals surface area contributed by atoms with Crippen molar-refractivity contribution in [2.75, 3.05) is 25.6 Å². The number of rotatable bonds is 4. The summed E-state index contributed by atoms with van der Waals surface area (Å²) >= 11 is 1.25. The van der Waals surface area contributed by atoms with Crippen molar-refractivity contribution >= 4 is 33.0 Å². The summed E-state index contributed by atoms with van der Waals surface area (Å²) in [6.45, 7) is 1.33. The molecule has 0 aliphatic carbocycles. The zero-order chi connectivity index (χ0) is 18.8. The molecule has 1 aromatic heterocycles. The smallest absolute Gasteiger partial charge is 0.266 e. The summed E-state index contributed by atoms with van der Waals surface area (Å²) in [4.78, 5) is 13.3. The summed E-state index contributed by atoms with van der Waals surface area (Å²) in [5.74, 6) is 0.599. The SMILES string of the molecule is COCc1c(C(=O)Nc2ccc3c(c2)OCCCO3)sc2cccc(F)c12. The number of hydrogen-bond donors (Lipinski definition) is 1. The molecule has 140 valence electrons. The second-order valence-corrected chi connectivity index (χ2v) is 7.17. The van der Waals surface area contributed by atoms with E-state index in [2.05, 4.69) is 5.32 Å². The molecule has 2 heterocycles. The van der Waals surface area contributed by atoms with Gasteiger partial charge < -0.3 is 19.5 Å². The maximum Gasteiger partial charge on any atom is 0.266 e. The molecular formula is C20H18FNO4S. The number of amides is 1. The lowest BCUT2D eigenvalue weighted by atomic mass is 10.1. The zero-order valence-corrected chi connectivity index (χ0v) is 15.5. The molecule has 0 unspecified atom stereocenters. The third kappa shape index (κ3) is 3.48. The molecule has 1 amide bonds. The minimum atomic E-state index is -0.356. The molecule has 0 bridgehead atoms. The van der Waals surface area contributed by atoms with Crippen molar-refractivity contribution in [3.63, 3.8) is 0 Å². The van der Waals surface area contributed by atoms with Gasteiger partial charge in [-0.3, -0.25) is 4.79 Å². The van der Waals surface area contributed by atoms with Gasteiger partial charge in [0.25, 0.3) is 5.91 Å². The monoisotopic (exact) mass is 387 g/mol. The normalized spacial score (nSPS) is 13.4. The molecule has 5 nitrogen and oxygen atoms in total. The van der Waals surface area contributed by atoms with Crippen LogP contribution >= 0.6 is 11.3 Å². The first kappa shape index (κ1) is 17.8. The van der Waals surface area contributed by atoms with E-state index in [-0.39, 0.29) is 18.3 Å². The average molecular weight is 387 g/mol. The highest BCUT2D eigenvalue weighted by Gasteiger charge is 2.21. The van der Waals surface area contributed by atoms with Crippen molar-refractivity contribution in [2.24, 2.45) is 0 Å². The first-order valence-electron chi connectivity index (χ1n) is 8.57. The quantitative estimate of drug-likeness (QED) is 0.711. The maximum atomic E-state index is 14.3. The Morgan fingerprint density at radius 2 is 2.04 bits per heavy atom. The number of thiophene rings is 1. The third-order valence-electron chi connectivity index (χ3n) is 4.26. The van der Waals surface area contributed by atoms with Gasteiger partial charge in [0, 0.05) is 40.9 Å². The van der Waals surface area contributed by atoms with E-state index >= 15 is 0 Å². The first-order valence-corrected chi connectivity index (χ1v) is 9.39. The van der Waals surface area contributed by atoms with Crippen LogP contribution in [0, 0.1) is 5.82 Å². The van der Waals surface area contributed by atoms with Gasteiger partial charge in [-0.2, -0.15) is 0 Å². The van der Waals surface area contributed by atoms with Gasteiger partial charge in [-0.1, -0.05) is 6.07 Å². The molecule has 1 N–H and O–H groups in total. The zero-order valence-electron chi connectivity index (χ0n) is 14.7. The molecule has 1 aliphatic rings. The van der Waals surface area contributed by atoms with Gasteiger partial charge in [0.15, 0.2) is 11.5 Å². The van der Waals surface area contributed by atoms with Crippen molar-refractivity contribution in [3.05, 3.63) is 52.7 Å². The second-order valence-electron chi connectivity index (χ2n) is 6.12. The van der Waals surface area contributed by atoms with Crippen LogP contribution in [0.4, 0.5) is 10.1 Å². The lowest BCUT2D eigenvalue weighted by molar-refractivity contribution is 0.102. The second kappa shape index (κ2) is 7.54. The standard InChI is InChI=1S/C20H18FNO4S/c1-24-11-13-18-14(21)4-2-5-17(18)27-19(13)20(23)22-12-6-7-15-16(10-12)26-9-3-8-25-15/h2,4-7,10H,3,8-9,11H2,1H3,(H,22,23). The lowest BCUT2D eigenvalue weighted by Gasteiger charge is -2.10. The predicted octanol–water partition coefficient (Wildman–Crippen LogP) is 4.60. The average Bonchev–Trinajstić information content (AvgIpc) is 2.87. The van der Waals surface area contributed by atoms with Gasteiger partial charge in [0.2, 0.25) is 0 Å². The fraction of sp³-hybridized carbons (Fsp3) is 0.250. The number of fused-ring (bicyclic) bond motifs is 2. The maximum absolute atomic E-state index is 14.3. The minimum absolute atomic E-state index is 0.158. The van der Waals surface area contributed by atoms with E-state index in [1.54, 1.807) is 30.3 Å². The Labute approximate surface area is 159 Å². The van der Waals surface area contributed by atoms with Crippen LogP contribution in [0.2, 0.25) is 0 Å². The summed E-state index contributed by atoms with van der Waals surface area (Å²) in [7, 11) is 1.52. The van der Waals surface area contributed by atoms with E-state index in [1.807, 2.05) is 0 Å². The molecule has 3 aromatic rings. The molecule has 0 radical (unpaired) electrons. The van der Waals surface area contributed by atoms with Crippen LogP contribution in [0.5, 0.6) is 11.5 Å². The molecule has 7 heteroatoms. The molecular weight excluding hydrogens is 369 g/mol. The summed E-state index contributed by atoms with van der Waals surface area (Å²) in [6.07, 6.45) is 0.810. The van der Waals surface area contributed by atoms with E-state index in [9.17, 15) is 9.18 Å². The van der Waals surface area contributed by atoms with Crippen molar-refractivity contribution in [2.45, 2.75) is 13.0 Å². The Morgan fingerprint density at radius 1 is 1.22 bits per heavy atom. The summed E-state index contributed by atoms with van der Waals surface area (Å²) < 4.78 is 31.5. The minimum Gasteiger partial charge on any atom is -0.490 e. The number of ether oxygens (including phenoxy) is 3. The number of nitrogens with one attached hydrogen (secondary N) is 1. The summed E-state index contributed by atoms with van der Waals surface area (Å²) in [5, 5.41) is 3.30. The number of benzene rings is 2. The number of methoxy groups -OCH3 is 1. The molecule has 0 atom stereocenters. The fourth-order valence-electron chi connectivity index (χ4n) is 3.06. The molecule has 0 spiro atoms. The van der Waals surface area contributed by atoms with E-state index in [0.717, 1.165) is 6.42 Å². The van der Waals surface area contributed by atoms with E-state index < -0.39 is 0 Å². The molecule has 27 heavy (non-hydrogen) atoms. The highest BCUT2D eigenvalue weighted by Crippen LogP contribution is 2.36. The van der Waals surface area contributed by atoms with Crippen LogP contribution < -0.4 is 14.8 Å². The van der Waals surface area contributed by atoms with Crippen LogP contribution in [0.1, 0.15) is 21.7 Å². The fourth-order valence-corrected chi connectivity index (χ4v) is 4.18. The predicted molar refractivity (Wildman–Crippen MR) is 102 cm³/mol. The third-order valence-corrected chi connectivity index (χ3v) is 5.46. The van der Waals surface area contributed by atoms with Gasteiger partial charge in [-0.25, -0.2) is 4.39 Å². The van der Waals surface area contributed by atoms with Gasteiger partial charge >= 0.3 is 0 Å². The Balaban J connectivity index is 1.66. The number of halogens is 1. The number of anilines is 1. The first-order chi connectivity index (χ1) is 13.2. The summed E-state index contributed by atoms with van der Waals surface area (Å²) in [5.41, 5.74) is 1.15.